The summed E-state index contributed by atoms with van der Waals surface area (Å²) in [6.07, 6.45) is 5.10. The molecule has 0 spiro atoms. The number of unbranched alkanes of at least 4 members (excludes halogenated alkanes) is 1. The highest BCUT2D eigenvalue weighted by Gasteiger charge is 2.13. The zero-order chi connectivity index (χ0) is 20.5. The first-order valence-electron chi connectivity index (χ1n) is 9.93. The second kappa shape index (κ2) is 10.6. The predicted octanol–water partition coefficient (Wildman–Crippen LogP) is 4.85. The lowest BCUT2D eigenvalue weighted by molar-refractivity contribution is -0.144. The minimum Gasteiger partial charge on any atom is -0.467 e. The van der Waals surface area contributed by atoms with Crippen LogP contribution in [0.25, 0.3) is 10.8 Å². The molecule has 29 heavy (non-hydrogen) atoms. The summed E-state index contributed by atoms with van der Waals surface area (Å²) in [6.45, 7) is 2.44. The number of aryl methyl sites for hydroxylation is 1. The van der Waals surface area contributed by atoms with Gasteiger partial charge in [0.25, 0.3) is 0 Å². The average molecular weight is 393 g/mol. The third-order valence-electron chi connectivity index (χ3n) is 4.74. The number of aromatic nitrogens is 1. The minimum atomic E-state index is -0.316. The van der Waals surface area contributed by atoms with E-state index in [1.54, 1.807) is 13.3 Å². The molecule has 5 nitrogen and oxygen atoms in total. The van der Waals surface area contributed by atoms with E-state index in [2.05, 4.69) is 11.9 Å². The van der Waals surface area contributed by atoms with E-state index in [4.69, 9.17) is 14.2 Å². The summed E-state index contributed by atoms with van der Waals surface area (Å²) in [7, 11) is 1.58. The monoisotopic (exact) mass is 393 g/mol. The molecule has 0 atom stereocenters. The first-order valence-corrected chi connectivity index (χ1v) is 9.93. The van der Waals surface area contributed by atoms with Gasteiger partial charge in [0.15, 0.2) is 6.79 Å². The van der Waals surface area contributed by atoms with Gasteiger partial charge in [-0.3, -0.25) is 9.78 Å². The smallest absolute Gasteiger partial charge is 0.310 e. The number of rotatable bonds is 10. The van der Waals surface area contributed by atoms with Crippen LogP contribution in [-0.2, 0) is 33.7 Å². The van der Waals surface area contributed by atoms with Crippen LogP contribution < -0.4 is 4.74 Å². The van der Waals surface area contributed by atoms with Gasteiger partial charge < -0.3 is 14.2 Å². The Kier molecular flexibility index (Phi) is 7.59. The zero-order valence-corrected chi connectivity index (χ0v) is 17.0. The molecule has 0 amide bonds. The van der Waals surface area contributed by atoms with E-state index in [1.165, 1.54) is 5.56 Å². The van der Waals surface area contributed by atoms with Gasteiger partial charge in [-0.15, -0.1) is 0 Å². The van der Waals surface area contributed by atoms with E-state index in [0.29, 0.717) is 5.75 Å². The lowest BCUT2D eigenvalue weighted by Crippen LogP contribution is -2.11. The third kappa shape index (κ3) is 5.78. The second-order valence-corrected chi connectivity index (χ2v) is 6.91. The number of pyridine rings is 1. The number of fused-ring (bicyclic) bond motifs is 1. The summed E-state index contributed by atoms with van der Waals surface area (Å²) < 4.78 is 16.2. The Hall–Kier alpha value is -2.92. The van der Waals surface area contributed by atoms with Crippen LogP contribution >= 0.6 is 0 Å². The molecule has 0 N–H and O–H groups in total. The molecule has 0 aliphatic carbocycles. The minimum absolute atomic E-state index is 0.137. The van der Waals surface area contributed by atoms with E-state index in [0.717, 1.165) is 41.3 Å². The highest BCUT2D eigenvalue weighted by atomic mass is 16.7. The molecule has 0 saturated heterocycles. The standard InChI is InChI=1S/C24H27NO4/c1-3-4-7-18-10-11-20(23(14-18)29-17-27-2)15-24(26)28-16-22-21-9-6-5-8-19(21)12-13-25-22/h5-6,8-14H,3-4,7,15-17H2,1-2H3. The lowest BCUT2D eigenvalue weighted by Gasteiger charge is -2.13. The molecule has 0 bridgehead atoms. The Balaban J connectivity index is 1.67. The van der Waals surface area contributed by atoms with Gasteiger partial charge in [0.05, 0.1) is 12.1 Å². The molecule has 0 aliphatic rings. The summed E-state index contributed by atoms with van der Waals surface area (Å²) >= 11 is 0. The molecular formula is C24H27NO4. The Labute approximate surface area is 171 Å². The Morgan fingerprint density at radius 2 is 1.97 bits per heavy atom. The van der Waals surface area contributed by atoms with Crippen LogP contribution in [0.3, 0.4) is 0 Å². The second-order valence-electron chi connectivity index (χ2n) is 6.91. The topological polar surface area (TPSA) is 57.7 Å². The van der Waals surface area contributed by atoms with Gasteiger partial charge in [-0.25, -0.2) is 0 Å². The largest absolute Gasteiger partial charge is 0.467 e. The van der Waals surface area contributed by atoms with E-state index >= 15 is 0 Å². The molecule has 1 aromatic heterocycles. The van der Waals surface area contributed by atoms with Crippen molar-refractivity contribution < 1.29 is 19.0 Å². The fourth-order valence-electron chi connectivity index (χ4n) is 3.19. The number of hydrogen-bond acceptors (Lipinski definition) is 5. The number of carbonyl (C=O) groups excluding carboxylic acids is 1. The molecule has 3 aromatic rings. The third-order valence-corrected chi connectivity index (χ3v) is 4.74. The highest BCUT2D eigenvalue weighted by Crippen LogP contribution is 2.23. The zero-order valence-electron chi connectivity index (χ0n) is 17.0. The SMILES string of the molecule is CCCCc1ccc(CC(=O)OCc2nccc3ccccc23)c(OCOC)c1. The van der Waals surface area contributed by atoms with Crippen LogP contribution in [0.5, 0.6) is 5.75 Å². The summed E-state index contributed by atoms with van der Waals surface area (Å²) in [6, 6.07) is 15.8. The molecule has 2 aromatic carbocycles. The first kappa shape index (κ1) is 20.8. The number of carbonyl (C=O) groups is 1. The normalized spacial score (nSPS) is 10.8. The number of hydrogen-bond donors (Lipinski definition) is 0. The molecule has 1 heterocycles. The Bertz CT molecular complexity index is 949. The van der Waals surface area contributed by atoms with Gasteiger partial charge in [0.1, 0.15) is 12.4 Å². The molecule has 0 radical (unpaired) electrons. The molecule has 0 unspecified atom stereocenters. The molecule has 3 rings (SSSR count). The van der Waals surface area contributed by atoms with Crippen molar-refractivity contribution in [2.45, 2.75) is 39.2 Å². The average Bonchev–Trinajstić information content (AvgIpc) is 2.76. The van der Waals surface area contributed by atoms with Crippen LogP contribution in [0.4, 0.5) is 0 Å². The predicted molar refractivity (Wildman–Crippen MR) is 113 cm³/mol. The number of benzene rings is 2. The summed E-state index contributed by atoms with van der Waals surface area (Å²) in [4.78, 5) is 16.8. The number of esters is 1. The fraction of sp³-hybridized carbons (Fsp3) is 0.333. The van der Waals surface area contributed by atoms with Crippen molar-refractivity contribution in [1.82, 2.24) is 4.98 Å². The van der Waals surface area contributed by atoms with E-state index in [9.17, 15) is 4.79 Å². The summed E-state index contributed by atoms with van der Waals surface area (Å²) in [5.74, 6) is 0.351. The van der Waals surface area contributed by atoms with Crippen molar-refractivity contribution in [2.24, 2.45) is 0 Å². The molecule has 0 fully saturated rings. The summed E-state index contributed by atoms with van der Waals surface area (Å²) in [5, 5.41) is 2.07. The maximum absolute atomic E-state index is 12.5. The van der Waals surface area contributed by atoms with E-state index < -0.39 is 0 Å². The van der Waals surface area contributed by atoms with Crippen LogP contribution in [-0.4, -0.2) is 24.9 Å². The van der Waals surface area contributed by atoms with Crippen LogP contribution in [0.15, 0.2) is 54.7 Å². The van der Waals surface area contributed by atoms with Crippen LogP contribution in [0.1, 0.15) is 36.6 Å². The maximum Gasteiger partial charge on any atom is 0.310 e. The molecule has 5 heteroatoms. The van der Waals surface area contributed by atoms with Gasteiger partial charge in [0.2, 0.25) is 0 Å². The Morgan fingerprint density at radius 1 is 1.10 bits per heavy atom. The molecule has 152 valence electrons. The number of nitrogens with zero attached hydrogens (tertiary/aromatic N) is 1. The number of methoxy groups -OCH3 is 1. The van der Waals surface area contributed by atoms with Crippen molar-refractivity contribution in [3.05, 3.63) is 71.5 Å². The number of ether oxygens (including phenoxy) is 3. The highest BCUT2D eigenvalue weighted by molar-refractivity contribution is 5.84. The van der Waals surface area contributed by atoms with Crippen molar-refractivity contribution >= 4 is 16.7 Å². The van der Waals surface area contributed by atoms with Crippen LogP contribution in [0, 0.1) is 0 Å². The van der Waals surface area contributed by atoms with Gasteiger partial charge in [0, 0.05) is 24.3 Å². The summed E-state index contributed by atoms with van der Waals surface area (Å²) in [5.41, 5.74) is 2.73. The molecular weight excluding hydrogens is 366 g/mol. The van der Waals surface area contributed by atoms with Crippen molar-refractivity contribution in [3.63, 3.8) is 0 Å². The van der Waals surface area contributed by atoms with Gasteiger partial charge in [-0.2, -0.15) is 0 Å². The molecule has 0 saturated carbocycles. The van der Waals surface area contributed by atoms with E-state index in [-0.39, 0.29) is 25.8 Å². The lowest BCUT2D eigenvalue weighted by atomic mass is 10.0. The fourth-order valence-corrected chi connectivity index (χ4v) is 3.19. The van der Waals surface area contributed by atoms with Gasteiger partial charge >= 0.3 is 5.97 Å². The molecule has 0 aliphatic heterocycles. The van der Waals surface area contributed by atoms with Crippen molar-refractivity contribution in [1.29, 1.82) is 0 Å². The quantitative estimate of drug-likeness (QED) is 0.364. The maximum atomic E-state index is 12.5. The van der Waals surface area contributed by atoms with Crippen molar-refractivity contribution in [3.8, 4) is 5.75 Å². The van der Waals surface area contributed by atoms with Crippen LogP contribution in [0.2, 0.25) is 0 Å². The van der Waals surface area contributed by atoms with Crippen molar-refractivity contribution in [2.75, 3.05) is 13.9 Å². The first-order chi connectivity index (χ1) is 14.2. The van der Waals surface area contributed by atoms with Gasteiger partial charge in [-0.05, 0) is 35.9 Å². The van der Waals surface area contributed by atoms with Gasteiger partial charge in [-0.1, -0.05) is 49.7 Å². The Morgan fingerprint density at radius 3 is 2.79 bits per heavy atom. The van der Waals surface area contributed by atoms with E-state index in [1.807, 2.05) is 48.5 Å².